The van der Waals surface area contributed by atoms with Gasteiger partial charge in [0, 0.05) is 5.69 Å². The molecule has 0 aliphatic carbocycles. The molecular formula is C18H20N2O3. The van der Waals surface area contributed by atoms with Gasteiger partial charge in [-0.2, -0.15) is 0 Å². The number of ether oxygens (including phenoxy) is 1. The maximum absolute atomic E-state index is 12.1. The Balaban J connectivity index is 1.97. The third-order valence-electron chi connectivity index (χ3n) is 3.28. The highest BCUT2D eigenvalue weighted by atomic mass is 16.5. The van der Waals surface area contributed by atoms with E-state index in [-0.39, 0.29) is 12.1 Å². The molecule has 0 saturated heterocycles. The van der Waals surface area contributed by atoms with Gasteiger partial charge in [-0.3, -0.25) is 0 Å². The number of rotatable bonds is 5. The third-order valence-corrected chi connectivity index (χ3v) is 3.28. The van der Waals surface area contributed by atoms with Gasteiger partial charge in [-0.25, -0.2) is 9.59 Å². The SMILES string of the molecule is CCOC(=O)c1cccc(NC(=O)N[C@H](C)c2ccccc2)c1. The lowest BCUT2D eigenvalue weighted by Gasteiger charge is -2.15. The number of amides is 2. The van der Waals surface area contributed by atoms with Crippen LogP contribution in [0, 0.1) is 0 Å². The molecule has 0 aliphatic rings. The number of hydrogen-bond acceptors (Lipinski definition) is 3. The summed E-state index contributed by atoms with van der Waals surface area (Å²) in [5.74, 6) is -0.408. The van der Waals surface area contributed by atoms with E-state index in [0.29, 0.717) is 17.9 Å². The molecule has 2 aromatic rings. The quantitative estimate of drug-likeness (QED) is 0.826. The van der Waals surface area contributed by atoms with Crippen molar-refractivity contribution in [2.24, 2.45) is 0 Å². The van der Waals surface area contributed by atoms with Crippen molar-refractivity contribution in [3.05, 3.63) is 65.7 Å². The van der Waals surface area contributed by atoms with E-state index in [1.165, 1.54) is 0 Å². The first kappa shape index (κ1) is 16.5. The Kier molecular flexibility index (Phi) is 5.74. The average Bonchev–Trinajstić information content (AvgIpc) is 2.56. The predicted molar refractivity (Wildman–Crippen MR) is 89.4 cm³/mol. The maximum atomic E-state index is 12.1. The van der Waals surface area contributed by atoms with Crippen molar-refractivity contribution in [3.63, 3.8) is 0 Å². The zero-order chi connectivity index (χ0) is 16.7. The Morgan fingerprint density at radius 1 is 1.09 bits per heavy atom. The lowest BCUT2D eigenvalue weighted by molar-refractivity contribution is 0.0526. The second-order valence-electron chi connectivity index (χ2n) is 5.03. The van der Waals surface area contributed by atoms with Crippen molar-refractivity contribution in [2.75, 3.05) is 11.9 Å². The van der Waals surface area contributed by atoms with E-state index >= 15 is 0 Å². The first-order valence-corrected chi connectivity index (χ1v) is 7.49. The Morgan fingerprint density at radius 2 is 1.83 bits per heavy atom. The lowest BCUT2D eigenvalue weighted by Crippen LogP contribution is -2.31. The molecule has 0 bridgehead atoms. The van der Waals surface area contributed by atoms with Gasteiger partial charge < -0.3 is 15.4 Å². The molecule has 0 unspecified atom stereocenters. The number of anilines is 1. The van der Waals surface area contributed by atoms with Crippen molar-refractivity contribution in [1.29, 1.82) is 0 Å². The summed E-state index contributed by atoms with van der Waals surface area (Å²) >= 11 is 0. The minimum absolute atomic E-state index is 0.121. The number of benzene rings is 2. The Morgan fingerprint density at radius 3 is 2.52 bits per heavy atom. The highest BCUT2D eigenvalue weighted by molar-refractivity contribution is 5.94. The van der Waals surface area contributed by atoms with Crippen LogP contribution in [-0.4, -0.2) is 18.6 Å². The molecule has 2 aromatic carbocycles. The van der Waals surface area contributed by atoms with E-state index < -0.39 is 5.97 Å². The van der Waals surface area contributed by atoms with Crippen LogP contribution in [0.3, 0.4) is 0 Å². The summed E-state index contributed by atoms with van der Waals surface area (Å²) < 4.78 is 4.94. The highest BCUT2D eigenvalue weighted by Crippen LogP contribution is 2.14. The summed E-state index contributed by atoms with van der Waals surface area (Å²) in [4.78, 5) is 23.8. The zero-order valence-electron chi connectivity index (χ0n) is 13.2. The van der Waals surface area contributed by atoms with E-state index in [0.717, 1.165) is 5.56 Å². The minimum atomic E-state index is -0.408. The molecule has 0 spiro atoms. The smallest absolute Gasteiger partial charge is 0.338 e. The molecule has 0 aliphatic heterocycles. The molecule has 0 fully saturated rings. The summed E-state index contributed by atoms with van der Waals surface area (Å²) in [6.45, 7) is 3.97. The van der Waals surface area contributed by atoms with Gasteiger partial charge >= 0.3 is 12.0 Å². The topological polar surface area (TPSA) is 67.4 Å². The molecule has 0 radical (unpaired) electrons. The van der Waals surface area contributed by atoms with Gasteiger partial charge in [0.2, 0.25) is 0 Å². The van der Waals surface area contributed by atoms with E-state index in [2.05, 4.69) is 10.6 Å². The summed E-state index contributed by atoms with van der Waals surface area (Å²) in [7, 11) is 0. The van der Waals surface area contributed by atoms with Crippen LogP contribution in [0.2, 0.25) is 0 Å². The lowest BCUT2D eigenvalue weighted by atomic mass is 10.1. The van der Waals surface area contributed by atoms with Crippen molar-refractivity contribution >= 4 is 17.7 Å². The molecule has 2 amide bonds. The van der Waals surface area contributed by atoms with Gasteiger partial charge in [0.25, 0.3) is 0 Å². The molecule has 1 atom stereocenters. The van der Waals surface area contributed by atoms with Crippen LogP contribution < -0.4 is 10.6 Å². The number of carbonyl (C=O) groups is 2. The Bertz CT molecular complexity index is 671. The Hall–Kier alpha value is -2.82. The fourth-order valence-corrected chi connectivity index (χ4v) is 2.13. The van der Waals surface area contributed by atoms with Crippen LogP contribution >= 0.6 is 0 Å². The fraction of sp³-hybridized carbons (Fsp3) is 0.222. The maximum Gasteiger partial charge on any atom is 0.338 e. The molecule has 2 rings (SSSR count). The molecule has 0 saturated carbocycles. The predicted octanol–water partition coefficient (Wildman–Crippen LogP) is 3.75. The van der Waals surface area contributed by atoms with Gasteiger partial charge in [0.05, 0.1) is 18.2 Å². The van der Waals surface area contributed by atoms with Crippen LogP contribution in [0.4, 0.5) is 10.5 Å². The van der Waals surface area contributed by atoms with Crippen molar-refractivity contribution in [1.82, 2.24) is 5.32 Å². The van der Waals surface area contributed by atoms with E-state index in [1.54, 1.807) is 31.2 Å². The zero-order valence-corrected chi connectivity index (χ0v) is 13.2. The molecule has 2 N–H and O–H groups in total. The first-order valence-electron chi connectivity index (χ1n) is 7.49. The molecular weight excluding hydrogens is 292 g/mol. The van der Waals surface area contributed by atoms with E-state index in [9.17, 15) is 9.59 Å². The Labute approximate surface area is 135 Å². The van der Waals surface area contributed by atoms with Crippen LogP contribution in [0.25, 0.3) is 0 Å². The van der Waals surface area contributed by atoms with Crippen LogP contribution in [0.15, 0.2) is 54.6 Å². The monoisotopic (exact) mass is 312 g/mol. The summed E-state index contributed by atoms with van der Waals surface area (Å²) in [6, 6.07) is 15.9. The van der Waals surface area contributed by atoms with E-state index in [4.69, 9.17) is 4.74 Å². The fourth-order valence-electron chi connectivity index (χ4n) is 2.13. The van der Waals surface area contributed by atoms with Crippen molar-refractivity contribution in [2.45, 2.75) is 19.9 Å². The number of esters is 1. The van der Waals surface area contributed by atoms with Crippen LogP contribution in [0.5, 0.6) is 0 Å². The molecule has 0 heterocycles. The molecule has 5 nitrogen and oxygen atoms in total. The first-order chi connectivity index (χ1) is 11.1. The molecule has 5 heteroatoms. The molecule has 0 aromatic heterocycles. The number of urea groups is 1. The van der Waals surface area contributed by atoms with Gasteiger partial charge in [-0.1, -0.05) is 36.4 Å². The van der Waals surface area contributed by atoms with Gasteiger partial charge in [-0.15, -0.1) is 0 Å². The third kappa shape index (κ3) is 4.85. The van der Waals surface area contributed by atoms with E-state index in [1.807, 2.05) is 37.3 Å². The second kappa shape index (κ2) is 7.98. The average molecular weight is 312 g/mol. The largest absolute Gasteiger partial charge is 0.462 e. The molecule has 120 valence electrons. The summed E-state index contributed by atoms with van der Waals surface area (Å²) in [5.41, 5.74) is 1.96. The number of carbonyl (C=O) groups excluding carboxylic acids is 2. The molecule has 23 heavy (non-hydrogen) atoms. The number of nitrogens with one attached hydrogen (secondary N) is 2. The minimum Gasteiger partial charge on any atom is -0.462 e. The van der Waals surface area contributed by atoms with Crippen molar-refractivity contribution in [3.8, 4) is 0 Å². The highest BCUT2D eigenvalue weighted by Gasteiger charge is 2.11. The van der Waals surface area contributed by atoms with Gasteiger partial charge in [0.1, 0.15) is 0 Å². The summed E-state index contributed by atoms with van der Waals surface area (Å²) in [5, 5.41) is 5.57. The van der Waals surface area contributed by atoms with Crippen LogP contribution in [0.1, 0.15) is 35.8 Å². The number of hydrogen-bond donors (Lipinski definition) is 2. The second-order valence-corrected chi connectivity index (χ2v) is 5.03. The van der Waals surface area contributed by atoms with Crippen molar-refractivity contribution < 1.29 is 14.3 Å². The van der Waals surface area contributed by atoms with Gasteiger partial charge in [0.15, 0.2) is 0 Å². The summed E-state index contributed by atoms with van der Waals surface area (Å²) in [6.07, 6.45) is 0. The van der Waals surface area contributed by atoms with Crippen LogP contribution in [-0.2, 0) is 4.74 Å². The normalized spacial score (nSPS) is 11.4. The standard InChI is InChI=1S/C18H20N2O3/c1-3-23-17(21)15-10-7-11-16(12-15)20-18(22)19-13(2)14-8-5-4-6-9-14/h4-13H,3H2,1-2H3,(H2,19,20,22)/t13-/m1/s1. The van der Waals surface area contributed by atoms with Gasteiger partial charge in [-0.05, 0) is 37.6 Å².